The summed E-state index contributed by atoms with van der Waals surface area (Å²) < 4.78 is 11.2. The molecule has 154 valence electrons. The third kappa shape index (κ3) is 7.57. The fourth-order valence-electron chi connectivity index (χ4n) is 2.92. The van der Waals surface area contributed by atoms with Gasteiger partial charge in [0.1, 0.15) is 12.2 Å². The standard InChI is InChI=1S/C25H30O4/c1-4-19-12-15-21(16-13-19)25(27)29-23(6-3)18-22(5-2)28-24(26)17-14-20-10-8-7-9-11-20/h7-17,22-23H,4-6,18H2,1-3H3. The Hall–Kier alpha value is -2.88. The molecule has 0 N–H and O–H groups in total. The average molecular weight is 395 g/mol. The normalized spacial score (nSPS) is 13.1. The molecule has 0 saturated carbocycles. The summed E-state index contributed by atoms with van der Waals surface area (Å²) in [4.78, 5) is 24.6. The van der Waals surface area contributed by atoms with Gasteiger partial charge in [-0.2, -0.15) is 0 Å². The molecule has 0 radical (unpaired) electrons. The van der Waals surface area contributed by atoms with Crippen molar-refractivity contribution in [2.24, 2.45) is 0 Å². The number of hydrogen-bond acceptors (Lipinski definition) is 4. The van der Waals surface area contributed by atoms with Crippen LogP contribution in [0.15, 0.2) is 60.7 Å². The Balaban J connectivity index is 1.90. The van der Waals surface area contributed by atoms with Gasteiger partial charge in [-0.3, -0.25) is 0 Å². The molecule has 2 aromatic carbocycles. The van der Waals surface area contributed by atoms with Gasteiger partial charge in [0.05, 0.1) is 5.56 Å². The van der Waals surface area contributed by atoms with E-state index in [1.807, 2.05) is 56.3 Å². The van der Waals surface area contributed by atoms with Crippen LogP contribution in [-0.4, -0.2) is 24.1 Å². The summed E-state index contributed by atoms with van der Waals surface area (Å²) >= 11 is 0. The van der Waals surface area contributed by atoms with Crippen molar-refractivity contribution in [3.8, 4) is 0 Å². The number of hydrogen-bond donors (Lipinski definition) is 0. The molecule has 0 amide bonds. The summed E-state index contributed by atoms with van der Waals surface area (Å²) in [5.41, 5.74) is 2.65. The van der Waals surface area contributed by atoms with Crippen molar-refractivity contribution >= 4 is 18.0 Å². The van der Waals surface area contributed by atoms with Gasteiger partial charge in [-0.15, -0.1) is 0 Å². The minimum Gasteiger partial charge on any atom is -0.459 e. The number of rotatable bonds is 10. The molecular weight excluding hydrogens is 364 g/mol. The van der Waals surface area contributed by atoms with E-state index in [0.717, 1.165) is 12.0 Å². The molecule has 4 heteroatoms. The summed E-state index contributed by atoms with van der Waals surface area (Å²) in [6, 6.07) is 17.0. The molecular formula is C25H30O4. The third-order valence-electron chi connectivity index (χ3n) is 4.80. The van der Waals surface area contributed by atoms with Crippen molar-refractivity contribution in [3.05, 3.63) is 77.4 Å². The first kappa shape index (κ1) is 22.4. The van der Waals surface area contributed by atoms with Gasteiger partial charge in [0.25, 0.3) is 0 Å². The van der Waals surface area contributed by atoms with Crippen molar-refractivity contribution in [2.75, 3.05) is 0 Å². The van der Waals surface area contributed by atoms with Crippen molar-refractivity contribution in [3.63, 3.8) is 0 Å². The van der Waals surface area contributed by atoms with Crippen molar-refractivity contribution in [1.29, 1.82) is 0 Å². The SMILES string of the molecule is CCc1ccc(C(=O)OC(CC)CC(CC)OC(=O)C=Cc2ccccc2)cc1. The zero-order valence-electron chi connectivity index (χ0n) is 17.5. The maximum Gasteiger partial charge on any atom is 0.338 e. The monoisotopic (exact) mass is 394 g/mol. The quantitative estimate of drug-likeness (QED) is 0.388. The molecule has 2 atom stereocenters. The molecule has 4 nitrogen and oxygen atoms in total. The largest absolute Gasteiger partial charge is 0.459 e. The van der Waals surface area contributed by atoms with Crippen LogP contribution in [0.1, 0.15) is 61.5 Å². The molecule has 0 heterocycles. The van der Waals surface area contributed by atoms with Crippen LogP contribution in [0.2, 0.25) is 0 Å². The number of esters is 2. The molecule has 0 aliphatic carbocycles. The molecule has 0 saturated heterocycles. The lowest BCUT2D eigenvalue weighted by molar-refractivity contribution is -0.144. The number of aryl methyl sites for hydroxylation is 1. The highest BCUT2D eigenvalue weighted by Crippen LogP contribution is 2.16. The second-order valence-electron chi connectivity index (χ2n) is 6.93. The molecule has 2 rings (SSSR count). The fraction of sp³-hybridized carbons (Fsp3) is 0.360. The predicted molar refractivity (Wildman–Crippen MR) is 116 cm³/mol. The highest BCUT2D eigenvalue weighted by molar-refractivity contribution is 5.89. The summed E-state index contributed by atoms with van der Waals surface area (Å²) in [5.74, 6) is -0.735. The molecule has 2 unspecified atom stereocenters. The Morgan fingerprint density at radius 3 is 2.07 bits per heavy atom. The van der Waals surface area contributed by atoms with E-state index < -0.39 is 5.97 Å². The van der Waals surface area contributed by atoms with Crippen molar-refractivity contribution in [1.82, 2.24) is 0 Å². The fourth-order valence-corrected chi connectivity index (χ4v) is 2.92. The van der Waals surface area contributed by atoms with Gasteiger partial charge in [0, 0.05) is 12.5 Å². The summed E-state index contributed by atoms with van der Waals surface area (Å²) in [5, 5.41) is 0. The Kier molecular flexibility index (Phi) is 9.16. The van der Waals surface area contributed by atoms with Crippen LogP contribution in [0.5, 0.6) is 0 Å². The number of carbonyl (C=O) groups is 2. The van der Waals surface area contributed by atoms with Crippen LogP contribution in [0.25, 0.3) is 6.08 Å². The molecule has 29 heavy (non-hydrogen) atoms. The van der Waals surface area contributed by atoms with E-state index in [1.165, 1.54) is 11.6 Å². The molecule has 2 aromatic rings. The highest BCUT2D eigenvalue weighted by atomic mass is 16.6. The van der Waals surface area contributed by atoms with Crippen LogP contribution >= 0.6 is 0 Å². The summed E-state index contributed by atoms with van der Waals surface area (Å²) in [6.07, 6.45) is 5.28. The zero-order valence-corrected chi connectivity index (χ0v) is 17.5. The lowest BCUT2D eigenvalue weighted by atomic mass is 10.1. The van der Waals surface area contributed by atoms with Gasteiger partial charge in [0.15, 0.2) is 0 Å². The van der Waals surface area contributed by atoms with E-state index in [4.69, 9.17) is 9.47 Å². The second kappa shape index (κ2) is 11.8. The maximum atomic E-state index is 12.4. The first-order valence-electron chi connectivity index (χ1n) is 10.3. The zero-order chi connectivity index (χ0) is 21.1. The molecule has 0 aliphatic rings. The second-order valence-corrected chi connectivity index (χ2v) is 6.93. The van der Waals surface area contributed by atoms with E-state index in [0.29, 0.717) is 24.8 Å². The lowest BCUT2D eigenvalue weighted by Crippen LogP contribution is -2.26. The van der Waals surface area contributed by atoms with E-state index in [-0.39, 0.29) is 18.2 Å². The van der Waals surface area contributed by atoms with Gasteiger partial charge in [-0.25, -0.2) is 9.59 Å². The first-order chi connectivity index (χ1) is 14.0. The summed E-state index contributed by atoms with van der Waals surface area (Å²) in [7, 11) is 0. The maximum absolute atomic E-state index is 12.4. The Morgan fingerprint density at radius 2 is 1.48 bits per heavy atom. The predicted octanol–water partition coefficient (Wildman–Crippen LogP) is 5.61. The number of benzene rings is 2. The van der Waals surface area contributed by atoms with Crippen molar-refractivity contribution < 1.29 is 19.1 Å². The molecule has 0 aliphatic heterocycles. The van der Waals surface area contributed by atoms with E-state index in [9.17, 15) is 9.59 Å². The van der Waals surface area contributed by atoms with Gasteiger partial charge in [0.2, 0.25) is 0 Å². The van der Waals surface area contributed by atoms with E-state index >= 15 is 0 Å². The Bertz CT molecular complexity index is 793. The van der Waals surface area contributed by atoms with Crippen LogP contribution in [0.3, 0.4) is 0 Å². The van der Waals surface area contributed by atoms with Crippen LogP contribution in [0.4, 0.5) is 0 Å². The van der Waals surface area contributed by atoms with Gasteiger partial charge in [-0.05, 0) is 48.6 Å². The Labute approximate surface area is 173 Å². The molecule has 0 bridgehead atoms. The van der Waals surface area contributed by atoms with Gasteiger partial charge in [-0.1, -0.05) is 63.2 Å². The molecule has 0 aromatic heterocycles. The summed E-state index contributed by atoms with van der Waals surface area (Å²) in [6.45, 7) is 5.99. The van der Waals surface area contributed by atoms with Crippen LogP contribution in [-0.2, 0) is 20.7 Å². The highest BCUT2D eigenvalue weighted by Gasteiger charge is 2.21. The van der Waals surface area contributed by atoms with Gasteiger partial charge >= 0.3 is 11.9 Å². The van der Waals surface area contributed by atoms with E-state index in [2.05, 4.69) is 6.92 Å². The van der Waals surface area contributed by atoms with Gasteiger partial charge < -0.3 is 9.47 Å². The number of ether oxygens (including phenoxy) is 2. The van der Waals surface area contributed by atoms with Crippen LogP contribution in [0, 0.1) is 0 Å². The van der Waals surface area contributed by atoms with Crippen LogP contribution < -0.4 is 0 Å². The first-order valence-corrected chi connectivity index (χ1v) is 10.3. The topological polar surface area (TPSA) is 52.6 Å². The molecule has 0 spiro atoms. The average Bonchev–Trinajstić information content (AvgIpc) is 2.77. The Morgan fingerprint density at radius 1 is 0.862 bits per heavy atom. The smallest absolute Gasteiger partial charge is 0.338 e. The number of carbonyl (C=O) groups excluding carboxylic acids is 2. The molecule has 0 fully saturated rings. The minimum atomic E-state index is -0.392. The van der Waals surface area contributed by atoms with E-state index in [1.54, 1.807) is 18.2 Å². The third-order valence-corrected chi connectivity index (χ3v) is 4.80. The minimum absolute atomic E-state index is 0.302. The lowest BCUT2D eigenvalue weighted by Gasteiger charge is -2.22. The van der Waals surface area contributed by atoms with Crippen molar-refractivity contribution in [2.45, 2.75) is 58.7 Å².